The molecular formula is C12H14N2O. The van der Waals surface area contributed by atoms with E-state index >= 15 is 0 Å². The lowest BCUT2D eigenvalue weighted by Crippen LogP contribution is -2.25. The zero-order chi connectivity index (χ0) is 10.8. The van der Waals surface area contributed by atoms with Crippen molar-refractivity contribution in [1.82, 2.24) is 4.98 Å². The summed E-state index contributed by atoms with van der Waals surface area (Å²) in [6.45, 7) is 6.36. The van der Waals surface area contributed by atoms with E-state index in [1.54, 1.807) is 4.90 Å². The second-order valence-corrected chi connectivity index (χ2v) is 3.84. The Morgan fingerprint density at radius 3 is 3.00 bits per heavy atom. The van der Waals surface area contributed by atoms with E-state index in [-0.39, 0.29) is 11.8 Å². The fourth-order valence-corrected chi connectivity index (χ4v) is 1.79. The second kappa shape index (κ2) is 3.85. The quantitative estimate of drug-likeness (QED) is 0.686. The number of rotatable bonds is 2. The van der Waals surface area contributed by atoms with Gasteiger partial charge in [-0.05, 0) is 19.1 Å². The SMILES string of the molecule is C=CC1CC(=O)N(c2cccc(C)n2)C1. The molecular weight excluding hydrogens is 188 g/mol. The Balaban J connectivity index is 2.25. The molecule has 15 heavy (non-hydrogen) atoms. The van der Waals surface area contributed by atoms with Crippen molar-refractivity contribution in [2.75, 3.05) is 11.4 Å². The maximum Gasteiger partial charge on any atom is 0.228 e. The topological polar surface area (TPSA) is 33.2 Å². The highest BCUT2D eigenvalue weighted by atomic mass is 16.2. The molecule has 2 rings (SSSR count). The first-order valence-electron chi connectivity index (χ1n) is 5.07. The summed E-state index contributed by atoms with van der Waals surface area (Å²) < 4.78 is 0. The van der Waals surface area contributed by atoms with Crippen LogP contribution < -0.4 is 4.90 Å². The van der Waals surface area contributed by atoms with Crippen molar-refractivity contribution in [3.05, 3.63) is 36.5 Å². The van der Waals surface area contributed by atoms with Crippen LogP contribution >= 0.6 is 0 Å². The summed E-state index contributed by atoms with van der Waals surface area (Å²) in [4.78, 5) is 17.8. The number of aromatic nitrogens is 1. The van der Waals surface area contributed by atoms with Crippen LogP contribution in [0.4, 0.5) is 5.82 Å². The summed E-state index contributed by atoms with van der Waals surface area (Å²) >= 11 is 0. The van der Waals surface area contributed by atoms with Crippen LogP contribution in [-0.2, 0) is 4.79 Å². The van der Waals surface area contributed by atoms with Gasteiger partial charge in [-0.15, -0.1) is 6.58 Å². The molecule has 0 spiro atoms. The molecule has 1 atom stereocenters. The van der Waals surface area contributed by atoms with Crippen LogP contribution in [0.2, 0.25) is 0 Å². The van der Waals surface area contributed by atoms with E-state index in [1.165, 1.54) is 0 Å². The molecule has 0 N–H and O–H groups in total. The number of pyridine rings is 1. The number of carbonyl (C=O) groups excluding carboxylic acids is 1. The molecule has 1 aliphatic rings. The van der Waals surface area contributed by atoms with Crippen LogP contribution in [0.25, 0.3) is 0 Å². The number of hydrogen-bond acceptors (Lipinski definition) is 2. The number of aryl methyl sites for hydroxylation is 1. The lowest BCUT2D eigenvalue weighted by Gasteiger charge is -2.15. The zero-order valence-corrected chi connectivity index (χ0v) is 8.81. The van der Waals surface area contributed by atoms with Crippen molar-refractivity contribution in [3.63, 3.8) is 0 Å². The molecule has 2 heterocycles. The van der Waals surface area contributed by atoms with Crippen LogP contribution in [0, 0.1) is 12.8 Å². The molecule has 3 heteroatoms. The molecule has 1 fully saturated rings. The van der Waals surface area contributed by atoms with Gasteiger partial charge in [-0.25, -0.2) is 4.98 Å². The van der Waals surface area contributed by atoms with Gasteiger partial charge in [0.05, 0.1) is 0 Å². The van der Waals surface area contributed by atoms with Gasteiger partial charge < -0.3 is 0 Å². The smallest absolute Gasteiger partial charge is 0.228 e. The van der Waals surface area contributed by atoms with E-state index in [1.807, 2.05) is 31.2 Å². The van der Waals surface area contributed by atoms with Crippen molar-refractivity contribution >= 4 is 11.7 Å². The highest BCUT2D eigenvalue weighted by Crippen LogP contribution is 2.23. The largest absolute Gasteiger partial charge is 0.296 e. The molecule has 1 aromatic heterocycles. The third-order valence-corrected chi connectivity index (χ3v) is 2.64. The first-order chi connectivity index (χ1) is 7.20. The number of amides is 1. The summed E-state index contributed by atoms with van der Waals surface area (Å²) in [6.07, 6.45) is 2.40. The molecule has 1 aliphatic heterocycles. The summed E-state index contributed by atoms with van der Waals surface area (Å²) in [5.74, 6) is 1.15. The van der Waals surface area contributed by atoms with Crippen molar-refractivity contribution in [3.8, 4) is 0 Å². The average molecular weight is 202 g/mol. The van der Waals surface area contributed by atoms with Gasteiger partial charge in [0.2, 0.25) is 5.91 Å². The van der Waals surface area contributed by atoms with Gasteiger partial charge in [0.1, 0.15) is 5.82 Å². The number of nitrogens with zero attached hydrogens (tertiary/aromatic N) is 2. The minimum atomic E-state index is 0.137. The van der Waals surface area contributed by atoms with Gasteiger partial charge in [0.15, 0.2) is 0 Å². The predicted molar refractivity (Wildman–Crippen MR) is 59.6 cm³/mol. The maximum absolute atomic E-state index is 11.7. The molecule has 0 aliphatic carbocycles. The first kappa shape index (κ1) is 9.90. The molecule has 78 valence electrons. The Hall–Kier alpha value is -1.64. The van der Waals surface area contributed by atoms with Gasteiger partial charge in [-0.1, -0.05) is 12.1 Å². The van der Waals surface area contributed by atoms with Crippen molar-refractivity contribution in [2.45, 2.75) is 13.3 Å². The third-order valence-electron chi connectivity index (χ3n) is 2.64. The Morgan fingerprint density at radius 2 is 2.40 bits per heavy atom. The van der Waals surface area contributed by atoms with Crippen LogP contribution in [0.1, 0.15) is 12.1 Å². The lowest BCUT2D eigenvalue weighted by atomic mass is 10.1. The van der Waals surface area contributed by atoms with E-state index in [2.05, 4.69) is 11.6 Å². The monoisotopic (exact) mass is 202 g/mol. The second-order valence-electron chi connectivity index (χ2n) is 3.84. The third kappa shape index (κ3) is 1.91. The van der Waals surface area contributed by atoms with E-state index in [0.717, 1.165) is 11.5 Å². The summed E-state index contributed by atoms with van der Waals surface area (Å²) in [5.41, 5.74) is 0.933. The number of anilines is 1. The number of hydrogen-bond donors (Lipinski definition) is 0. The lowest BCUT2D eigenvalue weighted by molar-refractivity contribution is -0.117. The molecule has 1 unspecified atom stereocenters. The van der Waals surface area contributed by atoms with Gasteiger partial charge in [-0.3, -0.25) is 9.69 Å². The molecule has 0 saturated carbocycles. The molecule has 0 bridgehead atoms. The minimum absolute atomic E-state index is 0.137. The maximum atomic E-state index is 11.7. The molecule has 0 radical (unpaired) electrons. The fraction of sp³-hybridized carbons (Fsp3) is 0.333. The zero-order valence-electron chi connectivity index (χ0n) is 8.81. The summed E-state index contributed by atoms with van der Waals surface area (Å²) in [6, 6.07) is 5.72. The van der Waals surface area contributed by atoms with Crippen molar-refractivity contribution in [1.29, 1.82) is 0 Å². The molecule has 1 amide bonds. The highest BCUT2D eigenvalue weighted by molar-refractivity contribution is 5.95. The van der Waals surface area contributed by atoms with Gasteiger partial charge >= 0.3 is 0 Å². The summed E-state index contributed by atoms with van der Waals surface area (Å²) in [5, 5.41) is 0. The molecule has 1 aromatic rings. The van der Waals surface area contributed by atoms with Crippen LogP contribution in [-0.4, -0.2) is 17.4 Å². The first-order valence-corrected chi connectivity index (χ1v) is 5.07. The number of carbonyl (C=O) groups is 1. The normalized spacial score (nSPS) is 20.7. The van der Waals surface area contributed by atoms with Crippen LogP contribution in [0.15, 0.2) is 30.9 Å². The van der Waals surface area contributed by atoms with E-state index < -0.39 is 0 Å². The predicted octanol–water partition coefficient (Wildman–Crippen LogP) is 1.93. The van der Waals surface area contributed by atoms with E-state index in [0.29, 0.717) is 13.0 Å². The van der Waals surface area contributed by atoms with Crippen LogP contribution in [0.5, 0.6) is 0 Å². The Bertz CT molecular complexity index is 400. The molecule has 1 saturated heterocycles. The van der Waals surface area contributed by atoms with Crippen LogP contribution in [0.3, 0.4) is 0 Å². The Kier molecular flexibility index (Phi) is 2.54. The summed E-state index contributed by atoms with van der Waals surface area (Å²) in [7, 11) is 0. The molecule has 3 nitrogen and oxygen atoms in total. The Morgan fingerprint density at radius 1 is 1.60 bits per heavy atom. The highest BCUT2D eigenvalue weighted by Gasteiger charge is 2.29. The van der Waals surface area contributed by atoms with E-state index in [4.69, 9.17) is 0 Å². The Labute approximate surface area is 89.4 Å². The standard InChI is InChI=1S/C12H14N2O/c1-3-10-7-12(15)14(8-10)11-6-4-5-9(2)13-11/h3-6,10H,1,7-8H2,2H3. The van der Waals surface area contributed by atoms with Crippen molar-refractivity contribution in [2.24, 2.45) is 5.92 Å². The minimum Gasteiger partial charge on any atom is -0.296 e. The van der Waals surface area contributed by atoms with Gasteiger partial charge in [0, 0.05) is 24.6 Å². The van der Waals surface area contributed by atoms with Gasteiger partial charge in [-0.2, -0.15) is 0 Å². The van der Waals surface area contributed by atoms with E-state index in [9.17, 15) is 4.79 Å². The van der Waals surface area contributed by atoms with Crippen molar-refractivity contribution < 1.29 is 4.79 Å². The van der Waals surface area contributed by atoms with Gasteiger partial charge in [0.25, 0.3) is 0 Å². The average Bonchev–Trinajstić information content (AvgIpc) is 2.60. The molecule has 0 aromatic carbocycles. The fourth-order valence-electron chi connectivity index (χ4n) is 1.79.